The molecule has 0 aromatic heterocycles. The van der Waals surface area contributed by atoms with Crippen molar-refractivity contribution in [1.82, 2.24) is 10.2 Å². The van der Waals surface area contributed by atoms with E-state index in [1.54, 1.807) is 19.2 Å². The lowest BCUT2D eigenvalue weighted by atomic mass is 10.2. The number of nitrogens with two attached hydrogens (primary N) is 1. The number of ether oxygens (including phenoxy) is 1. The van der Waals surface area contributed by atoms with Gasteiger partial charge in [0.05, 0.1) is 11.4 Å². The van der Waals surface area contributed by atoms with Crippen LogP contribution in [0.4, 0.5) is 4.79 Å². The van der Waals surface area contributed by atoms with E-state index in [2.05, 4.69) is 5.32 Å². The molecule has 0 bridgehead atoms. The minimum absolute atomic E-state index is 0.0275. The summed E-state index contributed by atoms with van der Waals surface area (Å²) in [6.07, 6.45) is 0.0884. The number of hydrogen-bond donors (Lipinski definition) is 2. The number of benzene rings is 1. The van der Waals surface area contributed by atoms with Crippen molar-refractivity contribution in [3.8, 4) is 0 Å². The summed E-state index contributed by atoms with van der Waals surface area (Å²) in [5.41, 5.74) is 0.762. The number of cyclic esters (lactones) is 1. The van der Waals surface area contributed by atoms with Crippen LogP contribution in [0.5, 0.6) is 0 Å². The Morgan fingerprint density at radius 2 is 2.04 bits per heavy atom. The number of hydrogen-bond acceptors (Lipinski definition) is 5. The average Bonchev–Trinajstić information content (AvgIpc) is 2.81. The van der Waals surface area contributed by atoms with Crippen LogP contribution < -0.4 is 10.5 Å². The van der Waals surface area contributed by atoms with Crippen molar-refractivity contribution in [2.45, 2.75) is 30.4 Å². The molecule has 23 heavy (non-hydrogen) atoms. The molecule has 1 aromatic rings. The summed E-state index contributed by atoms with van der Waals surface area (Å²) >= 11 is 0. The van der Waals surface area contributed by atoms with E-state index in [0.29, 0.717) is 13.0 Å². The summed E-state index contributed by atoms with van der Waals surface area (Å²) in [5, 5.41) is 7.74. The number of rotatable bonds is 6. The Bertz CT molecular complexity index is 687. The van der Waals surface area contributed by atoms with E-state index in [0.717, 1.165) is 5.56 Å². The second kappa shape index (κ2) is 6.97. The number of sulfonamides is 1. The largest absolute Gasteiger partial charge is 0.444 e. The highest BCUT2D eigenvalue weighted by atomic mass is 32.2. The van der Waals surface area contributed by atoms with E-state index in [1.807, 2.05) is 0 Å². The molecular weight excluding hydrogens is 322 g/mol. The fraction of sp³-hybridized carbons (Fsp3) is 0.429. The quantitative estimate of drug-likeness (QED) is 0.765. The van der Waals surface area contributed by atoms with Gasteiger partial charge >= 0.3 is 6.09 Å². The molecule has 0 aliphatic carbocycles. The third kappa shape index (κ3) is 4.93. The van der Waals surface area contributed by atoms with Gasteiger partial charge in [0.2, 0.25) is 15.9 Å². The molecule has 126 valence electrons. The van der Waals surface area contributed by atoms with Gasteiger partial charge in [-0.15, -0.1) is 0 Å². The zero-order chi connectivity index (χ0) is 17.0. The number of carbonyl (C=O) groups excluding carboxylic acids is 2. The molecule has 1 aliphatic heterocycles. The lowest BCUT2D eigenvalue weighted by Gasteiger charge is -2.09. The molecule has 0 radical (unpaired) electrons. The molecule has 2 rings (SSSR count). The predicted octanol–water partition coefficient (Wildman–Crippen LogP) is 0.181. The first kappa shape index (κ1) is 17.2. The first-order valence-corrected chi connectivity index (χ1v) is 8.60. The maximum absolute atomic E-state index is 11.8. The fourth-order valence-electron chi connectivity index (χ4n) is 2.18. The Kier molecular flexibility index (Phi) is 5.22. The Morgan fingerprint density at radius 1 is 1.39 bits per heavy atom. The van der Waals surface area contributed by atoms with Gasteiger partial charge in [0, 0.05) is 20.0 Å². The van der Waals surface area contributed by atoms with Gasteiger partial charge in [-0.2, -0.15) is 0 Å². The monoisotopic (exact) mass is 341 g/mol. The minimum atomic E-state index is -3.71. The smallest absolute Gasteiger partial charge is 0.409 e. The fourth-order valence-corrected chi connectivity index (χ4v) is 2.69. The second-order valence-electron chi connectivity index (χ2n) is 5.39. The third-order valence-corrected chi connectivity index (χ3v) is 4.42. The van der Waals surface area contributed by atoms with Crippen LogP contribution in [0.3, 0.4) is 0 Å². The highest BCUT2D eigenvalue weighted by molar-refractivity contribution is 7.89. The zero-order valence-corrected chi connectivity index (χ0v) is 13.5. The molecule has 0 spiro atoms. The highest BCUT2D eigenvalue weighted by Gasteiger charge is 2.28. The number of amides is 2. The Hall–Kier alpha value is -2.13. The molecule has 1 atom stereocenters. The molecule has 1 saturated heterocycles. The molecule has 1 unspecified atom stereocenters. The normalized spacial score (nSPS) is 17.9. The van der Waals surface area contributed by atoms with E-state index in [4.69, 9.17) is 9.88 Å². The van der Waals surface area contributed by atoms with Crippen molar-refractivity contribution in [1.29, 1.82) is 0 Å². The molecule has 2 amide bonds. The van der Waals surface area contributed by atoms with Crippen LogP contribution in [0, 0.1) is 0 Å². The van der Waals surface area contributed by atoms with Crippen molar-refractivity contribution in [3.05, 3.63) is 29.8 Å². The molecule has 3 N–H and O–H groups in total. The van der Waals surface area contributed by atoms with Gasteiger partial charge in [-0.3, -0.25) is 4.79 Å². The lowest BCUT2D eigenvalue weighted by Crippen LogP contribution is -2.25. The number of likely N-dealkylation sites (N-methyl/N-ethyl adjacent to an activating group) is 1. The molecule has 1 aliphatic rings. The molecule has 1 fully saturated rings. The minimum Gasteiger partial charge on any atom is -0.444 e. The van der Waals surface area contributed by atoms with Gasteiger partial charge in [-0.05, 0) is 24.1 Å². The van der Waals surface area contributed by atoms with Crippen molar-refractivity contribution in [2.24, 2.45) is 5.14 Å². The van der Waals surface area contributed by atoms with Gasteiger partial charge in [0.15, 0.2) is 0 Å². The molecular formula is C14H19N3O5S. The van der Waals surface area contributed by atoms with Gasteiger partial charge < -0.3 is 15.0 Å². The van der Waals surface area contributed by atoms with Crippen LogP contribution in [0.2, 0.25) is 0 Å². The third-order valence-electron chi connectivity index (χ3n) is 3.49. The Balaban J connectivity index is 1.75. The van der Waals surface area contributed by atoms with E-state index < -0.39 is 10.0 Å². The van der Waals surface area contributed by atoms with Crippen molar-refractivity contribution >= 4 is 22.0 Å². The van der Waals surface area contributed by atoms with Gasteiger partial charge in [0.1, 0.15) is 6.10 Å². The summed E-state index contributed by atoms with van der Waals surface area (Å²) in [4.78, 5) is 24.5. The van der Waals surface area contributed by atoms with Crippen molar-refractivity contribution in [3.63, 3.8) is 0 Å². The summed E-state index contributed by atoms with van der Waals surface area (Å²) < 4.78 is 27.3. The molecule has 1 aromatic carbocycles. The van der Waals surface area contributed by atoms with Gasteiger partial charge in [-0.1, -0.05) is 12.1 Å². The van der Waals surface area contributed by atoms with Crippen molar-refractivity contribution in [2.75, 3.05) is 13.6 Å². The van der Waals surface area contributed by atoms with E-state index in [9.17, 15) is 18.0 Å². The summed E-state index contributed by atoms with van der Waals surface area (Å²) in [7, 11) is -2.06. The van der Waals surface area contributed by atoms with Crippen LogP contribution in [0.25, 0.3) is 0 Å². The summed E-state index contributed by atoms with van der Waals surface area (Å²) in [6.45, 7) is 0.773. The van der Waals surface area contributed by atoms with Crippen LogP contribution in [0.1, 0.15) is 18.4 Å². The predicted molar refractivity (Wildman–Crippen MR) is 81.8 cm³/mol. The standard InChI is InChI=1S/C14H19N3O5S/c1-17-9-11(22-14(17)19)4-7-13(18)16-8-10-2-5-12(6-3-10)23(15,20)21/h2-3,5-6,11H,4,7-9H2,1H3,(H,16,18)(H2,15,20,21). The summed E-state index contributed by atoms with van der Waals surface area (Å²) in [5.74, 6) is -0.161. The van der Waals surface area contributed by atoms with E-state index in [1.165, 1.54) is 17.0 Å². The summed E-state index contributed by atoms with van der Waals surface area (Å²) in [6, 6.07) is 5.97. The molecule has 0 saturated carbocycles. The average molecular weight is 341 g/mol. The Morgan fingerprint density at radius 3 is 2.57 bits per heavy atom. The van der Waals surface area contributed by atoms with Crippen LogP contribution >= 0.6 is 0 Å². The molecule has 8 nitrogen and oxygen atoms in total. The second-order valence-corrected chi connectivity index (χ2v) is 6.95. The SMILES string of the molecule is CN1CC(CCC(=O)NCc2ccc(S(N)(=O)=O)cc2)OC1=O. The van der Waals surface area contributed by atoms with Crippen molar-refractivity contribution < 1.29 is 22.7 Å². The molecule has 9 heteroatoms. The lowest BCUT2D eigenvalue weighted by molar-refractivity contribution is -0.121. The van der Waals surface area contributed by atoms with E-state index >= 15 is 0 Å². The van der Waals surface area contributed by atoms with Crippen LogP contribution in [0.15, 0.2) is 29.2 Å². The maximum atomic E-state index is 11.8. The molecule has 1 heterocycles. The zero-order valence-electron chi connectivity index (χ0n) is 12.7. The first-order valence-electron chi connectivity index (χ1n) is 7.06. The van der Waals surface area contributed by atoms with Gasteiger partial charge in [-0.25, -0.2) is 18.4 Å². The Labute approximate surface area is 134 Å². The number of nitrogens with zero attached hydrogens (tertiary/aromatic N) is 1. The van der Waals surface area contributed by atoms with Crippen LogP contribution in [-0.4, -0.2) is 45.0 Å². The van der Waals surface area contributed by atoms with Crippen LogP contribution in [-0.2, 0) is 26.1 Å². The highest BCUT2D eigenvalue weighted by Crippen LogP contribution is 2.13. The van der Waals surface area contributed by atoms with E-state index in [-0.39, 0.29) is 36.0 Å². The topological polar surface area (TPSA) is 119 Å². The number of nitrogens with one attached hydrogen (secondary N) is 1. The maximum Gasteiger partial charge on any atom is 0.409 e. The number of primary sulfonamides is 1. The number of carbonyl (C=O) groups is 2. The van der Waals surface area contributed by atoms with Gasteiger partial charge in [0.25, 0.3) is 0 Å². The first-order chi connectivity index (χ1) is 10.8.